The maximum atomic E-state index is 12.3. The second-order valence-corrected chi connectivity index (χ2v) is 19.7. The van der Waals surface area contributed by atoms with Gasteiger partial charge in [-0.1, -0.05) is 294 Å². The van der Waals surface area contributed by atoms with E-state index in [1.807, 2.05) is 0 Å². The number of rotatable bonds is 54. The van der Waals surface area contributed by atoms with Crippen LogP contribution in [-0.4, -0.2) is 36.4 Å². The Morgan fingerprint density at radius 3 is 0.985 bits per heavy atom. The molecular formula is C61H112O5. The van der Waals surface area contributed by atoms with E-state index >= 15 is 0 Å². The molecule has 0 radical (unpaired) electrons. The summed E-state index contributed by atoms with van der Waals surface area (Å²) in [6, 6.07) is 0. The fourth-order valence-corrected chi connectivity index (χ4v) is 8.79. The summed E-state index contributed by atoms with van der Waals surface area (Å²) in [5, 5.41) is 9.66. The lowest BCUT2D eigenvalue weighted by Gasteiger charge is -2.15. The number of carbonyl (C=O) groups is 2. The minimum Gasteiger partial charge on any atom is -0.462 e. The van der Waals surface area contributed by atoms with Crippen LogP contribution >= 0.6 is 0 Å². The Balaban J connectivity index is 3.43. The van der Waals surface area contributed by atoms with Crippen molar-refractivity contribution in [3.05, 3.63) is 48.6 Å². The summed E-state index contributed by atoms with van der Waals surface area (Å²) in [4.78, 5) is 24.5. The maximum Gasteiger partial charge on any atom is 0.306 e. The van der Waals surface area contributed by atoms with Crippen LogP contribution in [0, 0.1) is 0 Å². The Labute approximate surface area is 411 Å². The van der Waals surface area contributed by atoms with Gasteiger partial charge in [0, 0.05) is 12.8 Å². The molecule has 386 valence electrons. The minimum absolute atomic E-state index is 0.0644. The minimum atomic E-state index is -0.774. The first-order valence-corrected chi connectivity index (χ1v) is 29.2. The van der Waals surface area contributed by atoms with E-state index in [0.717, 1.165) is 64.2 Å². The maximum absolute atomic E-state index is 12.3. The molecule has 0 aliphatic rings. The van der Waals surface area contributed by atoms with Gasteiger partial charge in [-0.05, 0) is 51.4 Å². The summed E-state index contributed by atoms with van der Waals surface area (Å²) in [6.07, 6.45) is 75.3. The number of aliphatic hydroxyl groups is 1. The second-order valence-electron chi connectivity index (χ2n) is 19.7. The van der Waals surface area contributed by atoms with Crippen LogP contribution in [0.5, 0.6) is 0 Å². The molecule has 0 heterocycles. The lowest BCUT2D eigenvalue weighted by atomic mass is 10.0. The molecular weight excluding hydrogens is 813 g/mol. The summed E-state index contributed by atoms with van der Waals surface area (Å²) >= 11 is 0. The summed E-state index contributed by atoms with van der Waals surface area (Å²) < 4.78 is 10.7. The van der Waals surface area contributed by atoms with Gasteiger partial charge in [0.1, 0.15) is 6.61 Å². The summed E-state index contributed by atoms with van der Waals surface area (Å²) in [5.41, 5.74) is 0. The van der Waals surface area contributed by atoms with Crippen LogP contribution in [0.1, 0.15) is 309 Å². The molecule has 1 unspecified atom stereocenters. The molecule has 0 saturated carbocycles. The largest absolute Gasteiger partial charge is 0.462 e. The van der Waals surface area contributed by atoms with E-state index in [4.69, 9.17) is 9.47 Å². The van der Waals surface area contributed by atoms with Gasteiger partial charge in [0.15, 0.2) is 6.10 Å². The molecule has 0 rings (SSSR count). The average molecular weight is 926 g/mol. The first kappa shape index (κ1) is 63.9. The first-order chi connectivity index (χ1) is 32.6. The van der Waals surface area contributed by atoms with E-state index in [1.165, 1.54) is 218 Å². The van der Waals surface area contributed by atoms with Crippen LogP contribution in [0.15, 0.2) is 48.6 Å². The van der Waals surface area contributed by atoms with Crippen molar-refractivity contribution in [2.24, 2.45) is 0 Å². The fraction of sp³-hybridized carbons (Fsp3) is 0.836. The Hall–Kier alpha value is -2.14. The number of hydrogen-bond acceptors (Lipinski definition) is 5. The predicted molar refractivity (Wildman–Crippen MR) is 288 cm³/mol. The highest BCUT2D eigenvalue weighted by Crippen LogP contribution is 2.18. The van der Waals surface area contributed by atoms with E-state index < -0.39 is 6.10 Å². The number of carbonyl (C=O) groups excluding carboxylic acids is 2. The number of allylic oxidation sites excluding steroid dienone is 8. The van der Waals surface area contributed by atoms with Gasteiger partial charge in [-0.2, -0.15) is 0 Å². The van der Waals surface area contributed by atoms with Crippen molar-refractivity contribution >= 4 is 11.9 Å². The smallest absolute Gasteiger partial charge is 0.306 e. The van der Waals surface area contributed by atoms with Crippen LogP contribution in [0.3, 0.4) is 0 Å². The Bertz CT molecular complexity index is 1090. The van der Waals surface area contributed by atoms with Gasteiger partial charge >= 0.3 is 11.9 Å². The van der Waals surface area contributed by atoms with Crippen LogP contribution in [0.25, 0.3) is 0 Å². The SMILES string of the molecule is CC/C=C\C/C=C\C/C=C\C/C=C\CCCCCCCCCCCCC(=O)OC(CO)COC(=O)CCCCCCCCCCCCCCCCCCCCCCCCCCCCCCC. The zero-order valence-electron chi connectivity index (χ0n) is 44.2. The third-order valence-corrected chi connectivity index (χ3v) is 13.1. The number of aliphatic hydroxyl groups excluding tert-OH is 1. The number of unbranched alkanes of at least 4 members (excludes halogenated alkanes) is 38. The Kier molecular flexibility index (Phi) is 55.3. The van der Waals surface area contributed by atoms with E-state index in [2.05, 4.69) is 62.5 Å². The van der Waals surface area contributed by atoms with Crippen molar-refractivity contribution in [3.8, 4) is 0 Å². The first-order valence-electron chi connectivity index (χ1n) is 29.2. The number of esters is 2. The van der Waals surface area contributed by atoms with Gasteiger partial charge in [0.2, 0.25) is 0 Å². The highest BCUT2D eigenvalue weighted by molar-refractivity contribution is 5.70. The summed E-state index contributed by atoms with van der Waals surface area (Å²) in [6.45, 7) is 4.07. The molecule has 0 aromatic carbocycles. The van der Waals surface area contributed by atoms with Gasteiger partial charge in [-0.3, -0.25) is 9.59 Å². The second kappa shape index (κ2) is 57.2. The van der Waals surface area contributed by atoms with Gasteiger partial charge in [0.25, 0.3) is 0 Å². The van der Waals surface area contributed by atoms with Crippen molar-refractivity contribution in [2.45, 2.75) is 315 Å². The van der Waals surface area contributed by atoms with Gasteiger partial charge in [0.05, 0.1) is 6.61 Å². The van der Waals surface area contributed by atoms with Crippen molar-refractivity contribution in [1.82, 2.24) is 0 Å². The lowest BCUT2D eigenvalue weighted by Crippen LogP contribution is -2.28. The molecule has 0 amide bonds. The van der Waals surface area contributed by atoms with Gasteiger partial charge < -0.3 is 14.6 Å². The normalized spacial score (nSPS) is 12.5. The zero-order valence-corrected chi connectivity index (χ0v) is 44.2. The fourth-order valence-electron chi connectivity index (χ4n) is 8.79. The molecule has 0 fully saturated rings. The topological polar surface area (TPSA) is 72.8 Å². The van der Waals surface area contributed by atoms with Crippen molar-refractivity contribution in [3.63, 3.8) is 0 Å². The molecule has 1 N–H and O–H groups in total. The van der Waals surface area contributed by atoms with Crippen molar-refractivity contribution in [2.75, 3.05) is 13.2 Å². The van der Waals surface area contributed by atoms with E-state index in [0.29, 0.717) is 12.8 Å². The zero-order chi connectivity index (χ0) is 47.7. The highest BCUT2D eigenvalue weighted by Gasteiger charge is 2.16. The highest BCUT2D eigenvalue weighted by atomic mass is 16.6. The number of ether oxygens (including phenoxy) is 2. The molecule has 0 aromatic heterocycles. The van der Waals surface area contributed by atoms with E-state index in [1.54, 1.807) is 0 Å². The predicted octanol–water partition coefficient (Wildman–Crippen LogP) is 19.6. The molecule has 1 atom stereocenters. The summed E-state index contributed by atoms with van der Waals surface area (Å²) in [7, 11) is 0. The molecule has 66 heavy (non-hydrogen) atoms. The Morgan fingerprint density at radius 1 is 0.364 bits per heavy atom. The number of hydrogen-bond donors (Lipinski definition) is 1. The van der Waals surface area contributed by atoms with Crippen LogP contribution in [-0.2, 0) is 19.1 Å². The van der Waals surface area contributed by atoms with E-state index in [-0.39, 0.29) is 25.2 Å². The lowest BCUT2D eigenvalue weighted by molar-refractivity contribution is -0.161. The average Bonchev–Trinajstić information content (AvgIpc) is 3.32. The van der Waals surface area contributed by atoms with Crippen LogP contribution in [0.2, 0.25) is 0 Å². The molecule has 5 heteroatoms. The van der Waals surface area contributed by atoms with Gasteiger partial charge in [-0.25, -0.2) is 0 Å². The van der Waals surface area contributed by atoms with Crippen LogP contribution in [0.4, 0.5) is 0 Å². The third kappa shape index (κ3) is 54.5. The van der Waals surface area contributed by atoms with Crippen LogP contribution < -0.4 is 0 Å². The molecule has 0 saturated heterocycles. The Morgan fingerprint density at radius 2 is 0.652 bits per heavy atom. The molecule has 5 nitrogen and oxygen atoms in total. The molecule has 0 aliphatic carbocycles. The van der Waals surface area contributed by atoms with E-state index in [9.17, 15) is 14.7 Å². The van der Waals surface area contributed by atoms with Crippen molar-refractivity contribution < 1.29 is 24.2 Å². The van der Waals surface area contributed by atoms with Crippen molar-refractivity contribution in [1.29, 1.82) is 0 Å². The third-order valence-electron chi connectivity index (χ3n) is 13.1. The molecule has 0 spiro atoms. The monoisotopic (exact) mass is 925 g/mol. The molecule has 0 aromatic rings. The molecule has 0 aliphatic heterocycles. The molecule has 0 bridgehead atoms. The standard InChI is InChI=1S/C61H112O5/c1-3-5-7-9-11-13-15-17-19-21-23-25-27-28-29-30-31-32-34-35-37-39-41-43-45-47-49-51-53-55-60(63)65-58-59(57-62)66-61(64)56-54-52-50-48-46-44-42-40-38-36-33-26-24-22-20-18-16-14-12-10-8-6-4-2/h6,8,12,14,18,20,24,26,59,62H,3-5,7,9-11,13,15-17,19,21-23,25,27-58H2,1-2H3/b8-6-,14-12-,20-18-,26-24-. The summed E-state index contributed by atoms with van der Waals surface area (Å²) in [5.74, 6) is -0.581. The van der Waals surface area contributed by atoms with Gasteiger partial charge in [-0.15, -0.1) is 0 Å². The quantitative estimate of drug-likeness (QED) is 0.0374.